The van der Waals surface area contributed by atoms with Gasteiger partial charge in [-0.3, -0.25) is 4.79 Å². The third-order valence-corrected chi connectivity index (χ3v) is 4.99. The fourth-order valence-corrected chi connectivity index (χ4v) is 3.66. The molecule has 4 rings (SSSR count). The normalized spacial score (nSPS) is 13.1. The summed E-state index contributed by atoms with van der Waals surface area (Å²) in [5.74, 6) is 0.817. The van der Waals surface area contributed by atoms with Gasteiger partial charge in [0.1, 0.15) is 13.2 Å². The van der Waals surface area contributed by atoms with Crippen molar-refractivity contribution in [1.82, 2.24) is 10.4 Å². The number of halogens is 1. The number of benzene rings is 2. The van der Waals surface area contributed by atoms with E-state index < -0.39 is 0 Å². The number of amides is 1. The monoisotopic (exact) mass is 402 g/mol. The summed E-state index contributed by atoms with van der Waals surface area (Å²) in [6, 6.07) is 11.3. The molecule has 1 aliphatic heterocycles. The van der Waals surface area contributed by atoms with E-state index in [9.17, 15) is 4.79 Å². The first-order valence-corrected chi connectivity index (χ1v) is 9.39. The Balaban J connectivity index is 1.33. The maximum atomic E-state index is 11.9. The van der Waals surface area contributed by atoms with Gasteiger partial charge in [0.15, 0.2) is 16.6 Å². The van der Waals surface area contributed by atoms with Gasteiger partial charge in [0.2, 0.25) is 0 Å². The summed E-state index contributed by atoms with van der Waals surface area (Å²) in [4.78, 5) is 16.4. The molecule has 0 aliphatic carbocycles. The molecule has 1 aromatic heterocycles. The summed E-state index contributed by atoms with van der Waals surface area (Å²) in [7, 11) is 0. The number of anilines is 1. The van der Waals surface area contributed by atoms with Crippen LogP contribution in [-0.4, -0.2) is 36.9 Å². The van der Waals surface area contributed by atoms with Crippen molar-refractivity contribution < 1.29 is 14.3 Å². The molecule has 2 aromatic carbocycles. The summed E-state index contributed by atoms with van der Waals surface area (Å²) in [5.41, 5.74) is 4.06. The minimum atomic E-state index is -0.283. The lowest BCUT2D eigenvalue weighted by molar-refractivity contribution is -0.119. The van der Waals surface area contributed by atoms with Crippen molar-refractivity contribution >= 4 is 50.4 Å². The molecule has 2 N–H and O–H groups in total. The second kappa shape index (κ2) is 7.81. The topological polar surface area (TPSA) is 84.8 Å². The predicted octanol–water partition coefficient (Wildman–Crippen LogP) is 3.28. The number of hydrazone groups is 1. The second-order valence-corrected chi connectivity index (χ2v) is 7.10. The molecule has 7 nitrogen and oxygen atoms in total. The van der Waals surface area contributed by atoms with Gasteiger partial charge in [-0.05, 0) is 29.8 Å². The number of aromatic nitrogens is 1. The van der Waals surface area contributed by atoms with Gasteiger partial charge in [0.25, 0.3) is 5.91 Å². The van der Waals surface area contributed by atoms with Crippen molar-refractivity contribution in [3.8, 4) is 11.5 Å². The average molecular weight is 403 g/mol. The molecule has 3 aromatic rings. The van der Waals surface area contributed by atoms with Crippen LogP contribution in [0.5, 0.6) is 11.5 Å². The minimum absolute atomic E-state index is 0.0685. The second-order valence-electron chi connectivity index (χ2n) is 5.66. The van der Waals surface area contributed by atoms with Crippen LogP contribution in [-0.2, 0) is 4.79 Å². The summed E-state index contributed by atoms with van der Waals surface area (Å²) in [6.45, 7) is 1.01. The molecule has 138 valence electrons. The first-order valence-electron chi connectivity index (χ1n) is 8.19. The Labute approximate surface area is 164 Å². The molecule has 2 heterocycles. The Morgan fingerprint density at radius 1 is 1.30 bits per heavy atom. The molecule has 0 spiro atoms. The Kier molecular flexibility index (Phi) is 5.08. The molecule has 0 fully saturated rings. The van der Waals surface area contributed by atoms with Crippen LogP contribution >= 0.6 is 22.9 Å². The zero-order chi connectivity index (χ0) is 18.6. The highest BCUT2D eigenvalue weighted by Gasteiger charge is 2.16. The van der Waals surface area contributed by atoms with Crippen LogP contribution in [0.3, 0.4) is 0 Å². The molecule has 0 atom stereocenters. The molecular formula is C18H15ClN4O3S. The van der Waals surface area contributed by atoms with Crippen molar-refractivity contribution in [2.45, 2.75) is 0 Å². The number of thiazole rings is 1. The number of carbonyl (C=O) groups is 1. The molecule has 9 heteroatoms. The number of carbonyl (C=O) groups excluding carboxylic acids is 1. The Hall–Kier alpha value is -2.84. The van der Waals surface area contributed by atoms with Crippen LogP contribution in [0.25, 0.3) is 10.2 Å². The third-order valence-electron chi connectivity index (χ3n) is 3.72. The molecule has 0 saturated carbocycles. The van der Waals surface area contributed by atoms with E-state index >= 15 is 0 Å². The van der Waals surface area contributed by atoms with Crippen molar-refractivity contribution in [1.29, 1.82) is 0 Å². The van der Waals surface area contributed by atoms with Crippen LogP contribution in [0.15, 0.2) is 41.5 Å². The first-order chi connectivity index (χ1) is 13.2. The van der Waals surface area contributed by atoms with Crippen molar-refractivity contribution in [3.63, 3.8) is 0 Å². The summed E-state index contributed by atoms with van der Waals surface area (Å²) in [6.07, 6.45) is 1.50. The lowest BCUT2D eigenvalue weighted by Gasteiger charge is -2.19. The van der Waals surface area contributed by atoms with E-state index in [1.54, 1.807) is 12.1 Å². The Morgan fingerprint density at radius 2 is 2.15 bits per heavy atom. The van der Waals surface area contributed by atoms with Gasteiger partial charge in [-0.2, -0.15) is 5.10 Å². The van der Waals surface area contributed by atoms with Crippen LogP contribution < -0.4 is 20.2 Å². The van der Waals surface area contributed by atoms with E-state index in [2.05, 4.69) is 20.8 Å². The standard InChI is InChI=1S/C18H15ClN4O3S/c19-12-7-11(8-14-17(12)26-6-5-25-14)9-21-23-16(24)10-20-18-22-13-3-1-2-4-15(13)27-18/h1-4,7-9H,5-6,10H2,(H,20,22)(H,23,24)/b21-9-. The molecule has 27 heavy (non-hydrogen) atoms. The Bertz CT molecular complexity index is 988. The maximum absolute atomic E-state index is 11.9. The largest absolute Gasteiger partial charge is 0.486 e. The Morgan fingerprint density at radius 3 is 3.04 bits per heavy atom. The summed E-state index contributed by atoms with van der Waals surface area (Å²) in [5, 5.41) is 8.08. The molecular weight excluding hydrogens is 388 g/mol. The predicted molar refractivity (Wildman–Crippen MR) is 106 cm³/mol. The molecule has 0 radical (unpaired) electrons. The number of ether oxygens (including phenoxy) is 2. The zero-order valence-corrected chi connectivity index (χ0v) is 15.6. The van der Waals surface area contributed by atoms with Gasteiger partial charge < -0.3 is 14.8 Å². The van der Waals surface area contributed by atoms with Crippen molar-refractivity contribution in [2.75, 3.05) is 25.1 Å². The SMILES string of the molecule is O=C(CNc1nc2ccccc2s1)N/N=C\c1cc(Cl)c2c(c1)OCCO2. The van der Waals surface area contributed by atoms with E-state index in [0.717, 1.165) is 10.2 Å². The van der Waals surface area contributed by atoms with Gasteiger partial charge in [-0.15, -0.1) is 0 Å². The molecule has 1 amide bonds. The van der Waals surface area contributed by atoms with E-state index in [-0.39, 0.29) is 12.5 Å². The summed E-state index contributed by atoms with van der Waals surface area (Å²) < 4.78 is 12.0. The van der Waals surface area contributed by atoms with Crippen molar-refractivity contribution in [3.05, 3.63) is 47.0 Å². The van der Waals surface area contributed by atoms with Crippen LogP contribution in [0.1, 0.15) is 5.56 Å². The lowest BCUT2D eigenvalue weighted by atomic mass is 10.2. The number of nitrogens with one attached hydrogen (secondary N) is 2. The highest BCUT2D eigenvalue weighted by Crippen LogP contribution is 2.37. The first kappa shape index (κ1) is 17.6. The number of rotatable bonds is 5. The van der Waals surface area contributed by atoms with E-state index in [1.165, 1.54) is 17.6 Å². The van der Waals surface area contributed by atoms with Crippen LogP contribution in [0.4, 0.5) is 5.13 Å². The molecule has 1 aliphatic rings. The average Bonchev–Trinajstić information content (AvgIpc) is 3.09. The highest BCUT2D eigenvalue weighted by molar-refractivity contribution is 7.22. The van der Waals surface area contributed by atoms with E-state index in [1.807, 2.05) is 24.3 Å². The van der Waals surface area contributed by atoms with Gasteiger partial charge in [-0.1, -0.05) is 35.1 Å². The fourth-order valence-electron chi connectivity index (χ4n) is 2.53. The van der Waals surface area contributed by atoms with Crippen molar-refractivity contribution in [2.24, 2.45) is 5.10 Å². The highest BCUT2D eigenvalue weighted by atomic mass is 35.5. The molecule has 0 bridgehead atoms. The molecule has 0 saturated heterocycles. The number of fused-ring (bicyclic) bond motifs is 2. The number of hydrogen-bond donors (Lipinski definition) is 2. The van der Waals surface area contributed by atoms with Gasteiger partial charge in [0, 0.05) is 0 Å². The number of para-hydroxylation sites is 1. The van der Waals surface area contributed by atoms with E-state index in [0.29, 0.717) is 40.4 Å². The maximum Gasteiger partial charge on any atom is 0.259 e. The smallest absolute Gasteiger partial charge is 0.259 e. The zero-order valence-electron chi connectivity index (χ0n) is 14.1. The number of nitrogens with zero attached hydrogens (tertiary/aromatic N) is 2. The summed E-state index contributed by atoms with van der Waals surface area (Å²) >= 11 is 7.66. The van der Waals surface area contributed by atoms with Gasteiger partial charge >= 0.3 is 0 Å². The third kappa shape index (κ3) is 4.12. The van der Waals surface area contributed by atoms with E-state index in [4.69, 9.17) is 21.1 Å². The molecule has 0 unspecified atom stereocenters. The fraction of sp³-hybridized carbons (Fsp3) is 0.167. The minimum Gasteiger partial charge on any atom is -0.486 e. The quantitative estimate of drug-likeness (QED) is 0.505. The number of hydrogen-bond acceptors (Lipinski definition) is 7. The van der Waals surface area contributed by atoms with Gasteiger partial charge in [0.05, 0.1) is 28.0 Å². The van der Waals surface area contributed by atoms with Gasteiger partial charge in [-0.25, -0.2) is 10.4 Å². The van der Waals surface area contributed by atoms with Crippen LogP contribution in [0.2, 0.25) is 5.02 Å². The lowest BCUT2D eigenvalue weighted by Crippen LogP contribution is -2.25. The van der Waals surface area contributed by atoms with Crippen LogP contribution in [0, 0.1) is 0 Å².